The molecule has 0 radical (unpaired) electrons. The van der Waals surface area contributed by atoms with Crippen LogP contribution in [0.25, 0.3) is 11.2 Å². The molecule has 0 aliphatic carbocycles. The largest absolute Gasteiger partial charge is 0.490 e. The van der Waals surface area contributed by atoms with Crippen LogP contribution in [0.4, 0.5) is 0 Å². The van der Waals surface area contributed by atoms with Crippen LogP contribution in [0.2, 0.25) is 0 Å². The number of hydrogen-bond acceptors (Lipinski definition) is 9. The Morgan fingerprint density at radius 3 is 2.44 bits per heavy atom. The van der Waals surface area contributed by atoms with Gasteiger partial charge in [-0.15, -0.1) is 0 Å². The van der Waals surface area contributed by atoms with Crippen LogP contribution in [0.15, 0.2) is 72.8 Å². The van der Waals surface area contributed by atoms with E-state index < -0.39 is 11.6 Å². The van der Waals surface area contributed by atoms with Crippen LogP contribution in [-0.4, -0.2) is 37.7 Å². The Bertz CT molecular complexity index is 1820. The standard InChI is InChI=1S/C33H31N5O5/c1-6-40-26-16-15-23(19-34)17-27(26)42-32-36-29-28(35-21(2)38(29)20-22-11-8-7-9-12-22)30(37-32)41-25-14-10-13-24(18-25)31(39)43-33(3,4)5/h7-18H,6,20H2,1-5H3. The number of imidazole rings is 1. The Kier molecular flexibility index (Phi) is 8.25. The van der Waals surface area contributed by atoms with Gasteiger partial charge in [0.15, 0.2) is 22.7 Å². The van der Waals surface area contributed by atoms with E-state index in [4.69, 9.17) is 28.9 Å². The predicted molar refractivity (Wildman–Crippen MR) is 160 cm³/mol. The number of nitriles is 1. The van der Waals surface area contributed by atoms with Gasteiger partial charge in [0.2, 0.25) is 0 Å². The summed E-state index contributed by atoms with van der Waals surface area (Å²) >= 11 is 0. The number of rotatable bonds is 9. The highest BCUT2D eigenvalue weighted by Gasteiger charge is 2.22. The first-order valence-corrected chi connectivity index (χ1v) is 13.8. The SMILES string of the molecule is CCOc1ccc(C#N)cc1Oc1nc(Oc2cccc(C(=O)OC(C)(C)C)c2)c2nc(C)n(Cc3ccccc3)c2n1. The number of esters is 1. The third-order valence-corrected chi connectivity index (χ3v) is 6.17. The Hall–Kier alpha value is -5.43. The van der Waals surface area contributed by atoms with E-state index in [1.807, 2.05) is 69.5 Å². The van der Waals surface area contributed by atoms with Crippen molar-refractivity contribution in [1.82, 2.24) is 19.5 Å². The smallest absolute Gasteiger partial charge is 0.338 e. The highest BCUT2D eigenvalue weighted by atomic mass is 16.6. The van der Waals surface area contributed by atoms with Gasteiger partial charge in [-0.1, -0.05) is 36.4 Å². The zero-order valence-electron chi connectivity index (χ0n) is 24.6. The molecule has 0 saturated heterocycles. The summed E-state index contributed by atoms with van der Waals surface area (Å²) in [5, 5.41) is 9.46. The number of benzene rings is 3. The molecule has 5 aromatic rings. The number of carbonyl (C=O) groups excluding carboxylic acids is 1. The van der Waals surface area contributed by atoms with E-state index in [1.54, 1.807) is 42.5 Å². The third-order valence-electron chi connectivity index (χ3n) is 6.17. The zero-order valence-corrected chi connectivity index (χ0v) is 24.6. The van der Waals surface area contributed by atoms with Crippen molar-refractivity contribution >= 4 is 17.1 Å². The molecule has 0 saturated carbocycles. The molecule has 10 nitrogen and oxygen atoms in total. The third kappa shape index (κ3) is 6.90. The van der Waals surface area contributed by atoms with Crippen LogP contribution in [0.5, 0.6) is 29.1 Å². The molecule has 3 aromatic carbocycles. The van der Waals surface area contributed by atoms with Crippen molar-refractivity contribution in [3.8, 4) is 35.2 Å². The molecule has 0 spiro atoms. The van der Waals surface area contributed by atoms with Crippen LogP contribution in [0.1, 0.15) is 55.0 Å². The minimum absolute atomic E-state index is 0.0314. The van der Waals surface area contributed by atoms with Gasteiger partial charge >= 0.3 is 12.0 Å². The molecule has 0 fully saturated rings. The molecule has 43 heavy (non-hydrogen) atoms. The minimum atomic E-state index is -0.648. The van der Waals surface area contributed by atoms with Gasteiger partial charge in [-0.2, -0.15) is 15.2 Å². The van der Waals surface area contributed by atoms with Gasteiger partial charge in [-0.05, 0) is 70.5 Å². The Morgan fingerprint density at radius 2 is 1.72 bits per heavy atom. The molecule has 2 aromatic heterocycles. The van der Waals surface area contributed by atoms with Crippen LogP contribution >= 0.6 is 0 Å². The quantitative estimate of drug-likeness (QED) is 0.171. The summed E-state index contributed by atoms with van der Waals surface area (Å²) in [5.41, 5.74) is 2.03. The monoisotopic (exact) mass is 577 g/mol. The van der Waals surface area contributed by atoms with Crippen molar-refractivity contribution < 1.29 is 23.7 Å². The first-order valence-electron chi connectivity index (χ1n) is 13.8. The van der Waals surface area contributed by atoms with Crippen molar-refractivity contribution in [1.29, 1.82) is 5.26 Å². The Labute approximate surface area is 249 Å². The lowest BCUT2D eigenvalue weighted by molar-refractivity contribution is 0.00691. The lowest BCUT2D eigenvalue weighted by Crippen LogP contribution is -2.23. The summed E-state index contributed by atoms with van der Waals surface area (Å²) in [6.07, 6.45) is 0. The molecular formula is C33H31N5O5. The van der Waals surface area contributed by atoms with Crippen LogP contribution < -0.4 is 14.2 Å². The average Bonchev–Trinajstić information content (AvgIpc) is 3.28. The van der Waals surface area contributed by atoms with Gasteiger partial charge in [-0.3, -0.25) is 0 Å². The van der Waals surface area contributed by atoms with Gasteiger partial charge in [0.1, 0.15) is 17.2 Å². The summed E-state index contributed by atoms with van der Waals surface area (Å²) in [4.78, 5) is 26.7. The topological polar surface area (TPSA) is 121 Å². The van der Waals surface area contributed by atoms with E-state index in [0.29, 0.717) is 52.8 Å². The number of aromatic nitrogens is 4. The van der Waals surface area contributed by atoms with Crippen molar-refractivity contribution in [3.05, 3.63) is 95.3 Å². The van der Waals surface area contributed by atoms with E-state index in [1.165, 1.54) is 0 Å². The summed E-state index contributed by atoms with van der Waals surface area (Å²) in [7, 11) is 0. The number of fused-ring (bicyclic) bond motifs is 1. The number of carbonyl (C=O) groups is 1. The molecule has 0 aliphatic rings. The predicted octanol–water partition coefficient (Wildman–Crippen LogP) is 6.99. The summed E-state index contributed by atoms with van der Waals surface area (Å²) < 4.78 is 25.5. The Morgan fingerprint density at radius 1 is 0.930 bits per heavy atom. The first-order chi connectivity index (χ1) is 20.6. The highest BCUT2D eigenvalue weighted by Crippen LogP contribution is 2.35. The van der Waals surface area contributed by atoms with Gasteiger partial charge < -0.3 is 23.5 Å². The van der Waals surface area contributed by atoms with Crippen LogP contribution in [0, 0.1) is 18.3 Å². The Balaban J connectivity index is 1.60. The molecule has 0 amide bonds. The average molecular weight is 578 g/mol. The molecule has 0 unspecified atom stereocenters. The van der Waals surface area contributed by atoms with Gasteiger partial charge in [0, 0.05) is 6.07 Å². The minimum Gasteiger partial charge on any atom is -0.490 e. The van der Waals surface area contributed by atoms with Gasteiger partial charge in [-0.25, -0.2) is 9.78 Å². The zero-order chi connectivity index (χ0) is 30.6. The second-order valence-electron chi connectivity index (χ2n) is 10.7. The molecule has 10 heteroatoms. The second-order valence-corrected chi connectivity index (χ2v) is 10.7. The van der Waals surface area contributed by atoms with E-state index in [9.17, 15) is 10.1 Å². The van der Waals surface area contributed by atoms with Crippen LogP contribution in [0.3, 0.4) is 0 Å². The first kappa shape index (κ1) is 29.1. The normalized spacial score (nSPS) is 11.2. The molecule has 218 valence electrons. The molecule has 2 heterocycles. The fraction of sp³-hybridized carbons (Fsp3) is 0.242. The molecule has 5 rings (SSSR count). The lowest BCUT2D eigenvalue weighted by atomic mass is 10.1. The highest BCUT2D eigenvalue weighted by molar-refractivity contribution is 5.90. The number of ether oxygens (including phenoxy) is 4. The maximum atomic E-state index is 12.7. The molecule has 0 aliphatic heterocycles. The summed E-state index contributed by atoms with van der Waals surface area (Å²) in [5.74, 6) is 1.42. The number of aryl methyl sites for hydroxylation is 1. The fourth-order valence-corrected chi connectivity index (χ4v) is 4.30. The molecule has 0 N–H and O–H groups in total. The lowest BCUT2D eigenvalue weighted by Gasteiger charge is -2.19. The number of nitrogens with zero attached hydrogens (tertiary/aromatic N) is 5. The number of hydrogen-bond donors (Lipinski definition) is 0. The van der Waals surface area contributed by atoms with E-state index in [2.05, 4.69) is 11.1 Å². The maximum absolute atomic E-state index is 12.7. The molecular weight excluding hydrogens is 546 g/mol. The molecule has 0 bridgehead atoms. The van der Waals surface area contributed by atoms with Crippen molar-refractivity contribution in [2.45, 2.75) is 46.8 Å². The summed E-state index contributed by atoms with van der Waals surface area (Å²) in [6, 6.07) is 23.5. The van der Waals surface area contributed by atoms with E-state index >= 15 is 0 Å². The van der Waals surface area contributed by atoms with Gasteiger partial charge in [0.05, 0.1) is 30.3 Å². The van der Waals surface area contributed by atoms with Crippen LogP contribution in [-0.2, 0) is 11.3 Å². The fourth-order valence-electron chi connectivity index (χ4n) is 4.30. The van der Waals surface area contributed by atoms with Crippen molar-refractivity contribution in [3.63, 3.8) is 0 Å². The van der Waals surface area contributed by atoms with Crippen molar-refractivity contribution in [2.75, 3.05) is 6.61 Å². The maximum Gasteiger partial charge on any atom is 0.338 e. The van der Waals surface area contributed by atoms with Crippen molar-refractivity contribution in [2.24, 2.45) is 0 Å². The van der Waals surface area contributed by atoms with E-state index in [0.717, 1.165) is 5.56 Å². The molecule has 0 atom stereocenters. The summed E-state index contributed by atoms with van der Waals surface area (Å²) in [6.45, 7) is 10.1. The second kappa shape index (κ2) is 12.2. The van der Waals surface area contributed by atoms with E-state index in [-0.39, 0.29) is 17.6 Å². The van der Waals surface area contributed by atoms with Gasteiger partial charge in [0.25, 0.3) is 5.88 Å².